The molecule has 2 amide bonds. The number of hydrogen-bond donors (Lipinski definition) is 0. The third kappa shape index (κ3) is 2.74. The van der Waals surface area contributed by atoms with E-state index in [1.165, 1.54) is 4.57 Å². The second-order valence-electron chi connectivity index (χ2n) is 7.97. The first kappa shape index (κ1) is 18.7. The first-order valence-electron chi connectivity index (χ1n) is 10.2. The Kier molecular flexibility index (Phi) is 4.73. The van der Waals surface area contributed by atoms with Crippen LogP contribution in [0.3, 0.4) is 0 Å². The summed E-state index contributed by atoms with van der Waals surface area (Å²) in [5.74, 6) is -0.250. The molecule has 1 unspecified atom stereocenters. The number of para-hydroxylation sites is 1. The molecule has 2 fully saturated rings. The minimum atomic E-state index is -0.777. The van der Waals surface area contributed by atoms with Crippen molar-refractivity contribution in [1.82, 2.24) is 14.4 Å². The normalized spacial score (nSPS) is 22.4. The molecule has 1 spiro atoms. The van der Waals surface area contributed by atoms with Crippen LogP contribution in [0.1, 0.15) is 49.4 Å². The third-order valence-corrected chi connectivity index (χ3v) is 6.29. The van der Waals surface area contributed by atoms with Gasteiger partial charge in [-0.15, -0.1) is 0 Å². The second kappa shape index (κ2) is 7.08. The predicted molar refractivity (Wildman–Crippen MR) is 108 cm³/mol. The van der Waals surface area contributed by atoms with Crippen LogP contribution in [0.5, 0.6) is 0 Å². The monoisotopic (exact) mass is 381 g/mol. The smallest absolute Gasteiger partial charge is 0.263 e. The lowest BCUT2D eigenvalue weighted by Gasteiger charge is -2.44. The molecule has 2 aliphatic rings. The number of fused-ring (bicyclic) bond motifs is 1. The second-order valence-corrected chi connectivity index (χ2v) is 7.97. The average molecular weight is 381 g/mol. The molecule has 28 heavy (non-hydrogen) atoms. The van der Waals surface area contributed by atoms with Crippen molar-refractivity contribution < 1.29 is 9.59 Å². The fourth-order valence-corrected chi connectivity index (χ4v) is 4.93. The van der Waals surface area contributed by atoms with Crippen LogP contribution >= 0.6 is 0 Å². The van der Waals surface area contributed by atoms with Crippen molar-refractivity contribution in [3.63, 3.8) is 0 Å². The van der Waals surface area contributed by atoms with E-state index in [0.717, 1.165) is 43.3 Å². The quantitative estimate of drug-likeness (QED) is 0.821. The van der Waals surface area contributed by atoms with Gasteiger partial charge < -0.3 is 14.4 Å². The molecule has 2 saturated heterocycles. The Bertz CT molecular complexity index is 994. The van der Waals surface area contributed by atoms with Crippen LogP contribution in [0.2, 0.25) is 0 Å². The molecule has 6 heteroatoms. The molecular formula is C22H27N3O3. The lowest BCUT2D eigenvalue weighted by atomic mass is 9.85. The van der Waals surface area contributed by atoms with Crippen molar-refractivity contribution in [3.05, 3.63) is 46.2 Å². The predicted octanol–water partition coefficient (Wildman–Crippen LogP) is 2.55. The molecule has 1 aromatic carbocycles. The zero-order valence-corrected chi connectivity index (χ0v) is 16.6. The maximum Gasteiger partial charge on any atom is 0.263 e. The Morgan fingerprint density at radius 3 is 2.57 bits per heavy atom. The van der Waals surface area contributed by atoms with E-state index in [9.17, 15) is 14.4 Å². The van der Waals surface area contributed by atoms with Crippen molar-refractivity contribution >= 4 is 22.7 Å². The van der Waals surface area contributed by atoms with Gasteiger partial charge in [-0.1, -0.05) is 25.1 Å². The van der Waals surface area contributed by atoms with Crippen LogP contribution in [0, 0.1) is 0 Å². The summed E-state index contributed by atoms with van der Waals surface area (Å²) in [5, 5.41) is 0.851. The molecule has 2 aliphatic heterocycles. The lowest BCUT2D eigenvalue weighted by molar-refractivity contribution is -0.145. The molecule has 1 aromatic heterocycles. The van der Waals surface area contributed by atoms with Gasteiger partial charge in [0.15, 0.2) is 0 Å². The number of aryl methyl sites for hydroxylation is 1. The van der Waals surface area contributed by atoms with Crippen LogP contribution in [-0.2, 0) is 11.8 Å². The molecule has 0 radical (unpaired) electrons. The van der Waals surface area contributed by atoms with E-state index in [2.05, 4.69) is 6.92 Å². The van der Waals surface area contributed by atoms with E-state index in [1.807, 2.05) is 29.2 Å². The van der Waals surface area contributed by atoms with Crippen LogP contribution < -0.4 is 5.56 Å². The maximum absolute atomic E-state index is 13.5. The molecular weight excluding hydrogens is 354 g/mol. The maximum atomic E-state index is 13.5. The summed E-state index contributed by atoms with van der Waals surface area (Å²) in [5.41, 5.74) is -0.133. The van der Waals surface area contributed by atoms with Crippen molar-refractivity contribution in [2.45, 2.75) is 44.6 Å². The summed E-state index contributed by atoms with van der Waals surface area (Å²) >= 11 is 0. The first-order valence-corrected chi connectivity index (χ1v) is 10.2. The number of amides is 2. The van der Waals surface area contributed by atoms with Crippen molar-refractivity contribution in [2.24, 2.45) is 7.05 Å². The van der Waals surface area contributed by atoms with Crippen LogP contribution in [0.4, 0.5) is 0 Å². The van der Waals surface area contributed by atoms with Gasteiger partial charge in [0.05, 0.1) is 5.52 Å². The number of piperidine rings is 1. The van der Waals surface area contributed by atoms with Crippen molar-refractivity contribution in [3.8, 4) is 0 Å². The van der Waals surface area contributed by atoms with Gasteiger partial charge in [0.2, 0.25) is 5.91 Å². The van der Waals surface area contributed by atoms with E-state index in [1.54, 1.807) is 18.0 Å². The van der Waals surface area contributed by atoms with Gasteiger partial charge in [-0.05, 0) is 49.6 Å². The molecule has 2 aromatic rings. The van der Waals surface area contributed by atoms with Gasteiger partial charge in [-0.2, -0.15) is 0 Å². The highest BCUT2D eigenvalue weighted by molar-refractivity contribution is 6.01. The Balaban J connectivity index is 1.76. The summed E-state index contributed by atoms with van der Waals surface area (Å²) in [6.07, 6.45) is 3.97. The number of hydrogen-bond acceptors (Lipinski definition) is 3. The van der Waals surface area contributed by atoms with Crippen LogP contribution in [0.15, 0.2) is 35.1 Å². The van der Waals surface area contributed by atoms with Crippen molar-refractivity contribution in [1.29, 1.82) is 0 Å². The summed E-state index contributed by atoms with van der Waals surface area (Å²) in [6, 6.07) is 9.23. The number of benzene rings is 1. The highest BCUT2D eigenvalue weighted by atomic mass is 16.2. The van der Waals surface area contributed by atoms with E-state index in [0.29, 0.717) is 19.4 Å². The van der Waals surface area contributed by atoms with E-state index in [4.69, 9.17) is 0 Å². The average Bonchev–Trinajstić information content (AvgIpc) is 3.12. The summed E-state index contributed by atoms with van der Waals surface area (Å²) in [4.78, 5) is 43.3. The van der Waals surface area contributed by atoms with Crippen LogP contribution in [-0.4, -0.2) is 51.4 Å². The zero-order chi connectivity index (χ0) is 19.9. The number of carbonyl (C=O) groups is 2. The highest BCUT2D eigenvalue weighted by Gasteiger charge is 2.52. The van der Waals surface area contributed by atoms with Gasteiger partial charge >= 0.3 is 0 Å². The SMILES string of the molecule is CCCN1CCCC2(CCCN2C(=O)c2cc3ccccc3n(C)c2=O)C1=O. The molecule has 0 saturated carbocycles. The number of pyridine rings is 1. The number of nitrogens with zero attached hydrogens (tertiary/aromatic N) is 3. The topological polar surface area (TPSA) is 62.6 Å². The minimum Gasteiger partial charge on any atom is -0.341 e. The molecule has 3 heterocycles. The van der Waals surface area contributed by atoms with Gasteiger partial charge in [0.25, 0.3) is 11.5 Å². The summed E-state index contributed by atoms with van der Waals surface area (Å²) < 4.78 is 1.53. The Labute approximate surface area is 164 Å². The summed E-state index contributed by atoms with van der Waals surface area (Å²) in [6.45, 7) is 4.07. The fraction of sp³-hybridized carbons (Fsp3) is 0.500. The van der Waals surface area contributed by atoms with E-state index < -0.39 is 5.54 Å². The number of carbonyl (C=O) groups excluding carboxylic acids is 2. The van der Waals surface area contributed by atoms with E-state index >= 15 is 0 Å². The molecule has 6 nitrogen and oxygen atoms in total. The molecule has 0 bridgehead atoms. The Morgan fingerprint density at radius 1 is 1.11 bits per heavy atom. The standard InChI is InChI=1S/C22H27N3O3/c1-3-12-24-13-6-10-22(21(24)28)11-7-14-25(22)20(27)17-15-16-8-4-5-9-18(16)23(2)19(17)26/h4-5,8-9,15H,3,6-7,10-14H2,1-2H3. The first-order chi connectivity index (χ1) is 13.5. The fourth-order valence-electron chi connectivity index (χ4n) is 4.93. The Morgan fingerprint density at radius 2 is 1.82 bits per heavy atom. The molecule has 1 atom stereocenters. The minimum absolute atomic E-state index is 0.0593. The van der Waals surface area contributed by atoms with Crippen molar-refractivity contribution in [2.75, 3.05) is 19.6 Å². The highest BCUT2D eigenvalue weighted by Crippen LogP contribution is 2.39. The van der Waals surface area contributed by atoms with Gasteiger partial charge in [-0.25, -0.2) is 0 Å². The Hall–Kier alpha value is -2.63. The zero-order valence-electron chi connectivity index (χ0n) is 16.6. The summed E-state index contributed by atoms with van der Waals surface area (Å²) in [7, 11) is 1.69. The van der Waals surface area contributed by atoms with E-state index in [-0.39, 0.29) is 22.9 Å². The van der Waals surface area contributed by atoms with Gasteiger partial charge in [-0.3, -0.25) is 14.4 Å². The molecule has 0 aliphatic carbocycles. The molecule has 148 valence electrons. The third-order valence-electron chi connectivity index (χ3n) is 6.29. The molecule has 4 rings (SSSR count). The molecule has 0 N–H and O–H groups in total. The van der Waals surface area contributed by atoms with Gasteiger partial charge in [0.1, 0.15) is 11.1 Å². The van der Waals surface area contributed by atoms with Gasteiger partial charge in [0, 0.05) is 26.7 Å². The number of likely N-dealkylation sites (tertiary alicyclic amines) is 2. The number of rotatable bonds is 3. The lowest BCUT2D eigenvalue weighted by Crippen LogP contribution is -2.61. The largest absolute Gasteiger partial charge is 0.341 e. The van der Waals surface area contributed by atoms with Crippen LogP contribution in [0.25, 0.3) is 10.9 Å². The number of aromatic nitrogens is 1.